The second-order valence-corrected chi connectivity index (χ2v) is 6.29. The number of hydrogen-bond donors (Lipinski definition) is 0. The first-order valence-corrected chi connectivity index (χ1v) is 7.40. The van der Waals surface area contributed by atoms with Crippen LogP contribution in [0.5, 0.6) is 0 Å². The maximum Gasteiger partial charge on any atom is 0.292 e. The van der Waals surface area contributed by atoms with Gasteiger partial charge in [0.25, 0.3) is 5.92 Å². The number of benzene rings is 1. The summed E-state index contributed by atoms with van der Waals surface area (Å²) in [6, 6.07) is 6.42. The van der Waals surface area contributed by atoms with Crippen LogP contribution >= 0.6 is 0 Å². The van der Waals surface area contributed by atoms with E-state index in [1.165, 1.54) is 6.07 Å². The van der Waals surface area contributed by atoms with Crippen LogP contribution in [0.1, 0.15) is 43.0 Å². The monoisotopic (exact) mass is 298 g/mol. The van der Waals surface area contributed by atoms with E-state index < -0.39 is 23.3 Å². The Bertz CT molecular complexity index is 568. The highest BCUT2D eigenvalue weighted by atomic mass is 19.3. The number of fused-ring (bicyclic) bond motifs is 2. The van der Waals surface area contributed by atoms with Crippen molar-refractivity contribution in [3.05, 3.63) is 35.4 Å². The Morgan fingerprint density at radius 3 is 2.52 bits per heavy atom. The molecule has 3 aliphatic rings. The molecule has 114 valence electrons. The molecule has 2 nitrogen and oxygen atoms in total. The van der Waals surface area contributed by atoms with Crippen molar-refractivity contribution in [2.24, 2.45) is 0 Å². The maximum absolute atomic E-state index is 14.8. The molecule has 1 saturated heterocycles. The molecule has 2 fully saturated rings. The van der Waals surface area contributed by atoms with Gasteiger partial charge in [0.15, 0.2) is 12.0 Å². The zero-order chi connectivity index (χ0) is 14.7. The highest BCUT2D eigenvalue weighted by Crippen LogP contribution is 2.64. The van der Waals surface area contributed by atoms with Gasteiger partial charge in [0.05, 0.1) is 18.6 Å². The second-order valence-electron chi connectivity index (χ2n) is 6.29. The van der Waals surface area contributed by atoms with Crippen molar-refractivity contribution < 1.29 is 22.6 Å². The van der Waals surface area contributed by atoms with E-state index >= 15 is 0 Å². The van der Waals surface area contributed by atoms with Crippen LogP contribution in [0.15, 0.2) is 24.3 Å². The minimum atomic E-state index is -3.42. The molecular weight excluding hydrogens is 281 g/mol. The van der Waals surface area contributed by atoms with Gasteiger partial charge in [-0.15, -0.1) is 0 Å². The van der Waals surface area contributed by atoms with Gasteiger partial charge in [-0.2, -0.15) is 0 Å². The van der Waals surface area contributed by atoms with Crippen molar-refractivity contribution >= 4 is 0 Å². The van der Waals surface area contributed by atoms with Gasteiger partial charge in [-0.05, 0) is 24.0 Å². The van der Waals surface area contributed by atoms with Crippen molar-refractivity contribution in [1.82, 2.24) is 0 Å². The van der Waals surface area contributed by atoms with Gasteiger partial charge >= 0.3 is 0 Å². The fourth-order valence-electron chi connectivity index (χ4n) is 4.33. The Morgan fingerprint density at radius 1 is 1.05 bits per heavy atom. The van der Waals surface area contributed by atoms with Crippen LogP contribution in [0.3, 0.4) is 0 Å². The first-order chi connectivity index (χ1) is 10.0. The third kappa shape index (κ3) is 1.62. The Kier molecular flexibility index (Phi) is 2.74. The molecule has 5 heteroatoms. The van der Waals surface area contributed by atoms with Crippen LogP contribution < -0.4 is 0 Å². The average molecular weight is 298 g/mol. The summed E-state index contributed by atoms with van der Waals surface area (Å²) < 4.78 is 55.3. The van der Waals surface area contributed by atoms with Gasteiger partial charge in [0.1, 0.15) is 0 Å². The van der Waals surface area contributed by atoms with E-state index in [9.17, 15) is 13.2 Å². The van der Waals surface area contributed by atoms with Gasteiger partial charge in [-0.1, -0.05) is 24.3 Å². The lowest BCUT2D eigenvalue weighted by Crippen LogP contribution is -2.52. The third-order valence-corrected chi connectivity index (χ3v) is 5.25. The molecule has 2 atom stereocenters. The molecule has 21 heavy (non-hydrogen) atoms. The fourth-order valence-corrected chi connectivity index (χ4v) is 4.33. The van der Waals surface area contributed by atoms with Crippen LogP contribution in [0, 0.1) is 0 Å². The summed E-state index contributed by atoms with van der Waals surface area (Å²) in [7, 11) is 0. The van der Waals surface area contributed by atoms with E-state index in [4.69, 9.17) is 9.47 Å². The minimum Gasteiger partial charge on any atom is -0.347 e. The number of ether oxygens (including phenoxy) is 2. The van der Waals surface area contributed by atoms with E-state index in [0.29, 0.717) is 31.6 Å². The van der Waals surface area contributed by atoms with Crippen molar-refractivity contribution in [2.45, 2.75) is 49.0 Å². The Labute approximate surface area is 121 Å². The smallest absolute Gasteiger partial charge is 0.292 e. The van der Waals surface area contributed by atoms with E-state index in [1.807, 2.05) is 0 Å². The van der Waals surface area contributed by atoms with E-state index in [-0.39, 0.29) is 18.4 Å². The molecule has 2 spiro atoms. The summed E-state index contributed by atoms with van der Waals surface area (Å²) in [6.07, 6.45) is -0.790. The van der Waals surface area contributed by atoms with Gasteiger partial charge in [-0.3, -0.25) is 0 Å². The van der Waals surface area contributed by atoms with E-state index in [1.54, 1.807) is 18.2 Å². The second kappa shape index (κ2) is 4.23. The summed E-state index contributed by atoms with van der Waals surface area (Å²) in [4.78, 5) is 0. The molecule has 1 aliphatic heterocycles. The normalized spacial score (nSPS) is 36.2. The maximum atomic E-state index is 14.8. The van der Waals surface area contributed by atoms with E-state index in [0.717, 1.165) is 0 Å². The molecule has 0 amide bonds. The number of halogens is 3. The third-order valence-electron chi connectivity index (χ3n) is 5.25. The Morgan fingerprint density at radius 2 is 1.76 bits per heavy atom. The first kappa shape index (κ1) is 13.6. The summed E-state index contributed by atoms with van der Waals surface area (Å²) in [5.74, 6) is -4.38. The van der Waals surface area contributed by atoms with E-state index in [2.05, 4.69) is 0 Å². The predicted molar refractivity (Wildman–Crippen MR) is 70.0 cm³/mol. The highest BCUT2D eigenvalue weighted by Gasteiger charge is 2.69. The molecule has 1 aromatic rings. The fraction of sp³-hybridized carbons (Fsp3) is 0.625. The number of hydrogen-bond acceptors (Lipinski definition) is 2. The van der Waals surface area contributed by atoms with Gasteiger partial charge < -0.3 is 9.47 Å². The highest BCUT2D eigenvalue weighted by molar-refractivity contribution is 5.46. The Balaban J connectivity index is 1.85. The van der Waals surface area contributed by atoms with Crippen LogP contribution in [0.2, 0.25) is 0 Å². The standard InChI is InChI=1S/C16H17F3O2/c17-13-11-4-1-2-5-12(11)14(16(13,18)19)6-3-7-15(10-14)20-8-9-21-15/h1-2,4-5,13H,3,6-10H2/t13?,14-/m1/s1. The molecule has 0 aromatic heterocycles. The molecular formula is C16H17F3O2. The molecule has 2 aliphatic carbocycles. The average Bonchev–Trinajstić information content (AvgIpc) is 2.98. The topological polar surface area (TPSA) is 18.5 Å². The molecule has 0 bridgehead atoms. The van der Waals surface area contributed by atoms with Crippen molar-refractivity contribution in [3.63, 3.8) is 0 Å². The lowest BCUT2D eigenvalue weighted by Gasteiger charge is -2.46. The van der Waals surface area contributed by atoms with Gasteiger partial charge in [-0.25, -0.2) is 13.2 Å². The molecule has 0 N–H and O–H groups in total. The number of rotatable bonds is 0. The Hall–Kier alpha value is -1.07. The minimum absolute atomic E-state index is 0.0322. The quantitative estimate of drug-likeness (QED) is 0.723. The van der Waals surface area contributed by atoms with Gasteiger partial charge in [0.2, 0.25) is 0 Å². The summed E-state index contributed by atoms with van der Waals surface area (Å²) in [6.45, 7) is 0.838. The molecule has 1 saturated carbocycles. The van der Waals surface area contributed by atoms with Gasteiger partial charge in [0, 0.05) is 12.8 Å². The van der Waals surface area contributed by atoms with Crippen LogP contribution in [0.25, 0.3) is 0 Å². The van der Waals surface area contributed by atoms with Crippen molar-refractivity contribution in [1.29, 1.82) is 0 Å². The predicted octanol–water partition coefficient (Wildman–Crippen LogP) is 3.90. The lowest BCUT2D eigenvalue weighted by molar-refractivity contribution is -0.227. The summed E-state index contributed by atoms with van der Waals surface area (Å²) >= 11 is 0. The molecule has 0 radical (unpaired) electrons. The van der Waals surface area contributed by atoms with Crippen LogP contribution in [-0.2, 0) is 14.9 Å². The van der Waals surface area contributed by atoms with Crippen LogP contribution in [-0.4, -0.2) is 24.9 Å². The summed E-state index contributed by atoms with van der Waals surface area (Å²) in [5, 5.41) is 0. The van der Waals surface area contributed by atoms with Crippen molar-refractivity contribution in [2.75, 3.05) is 13.2 Å². The number of alkyl halides is 3. The summed E-state index contributed by atoms with van der Waals surface area (Å²) in [5.41, 5.74) is -0.954. The molecule has 1 aromatic carbocycles. The SMILES string of the molecule is FC1c2ccccc2[C@]2(CCCC3(C2)OCCO3)C1(F)F. The molecule has 4 rings (SSSR count). The largest absolute Gasteiger partial charge is 0.347 e. The lowest BCUT2D eigenvalue weighted by atomic mass is 9.66. The molecule has 1 unspecified atom stereocenters. The van der Waals surface area contributed by atoms with Crippen LogP contribution in [0.4, 0.5) is 13.2 Å². The zero-order valence-corrected chi connectivity index (χ0v) is 11.6. The van der Waals surface area contributed by atoms with Crippen molar-refractivity contribution in [3.8, 4) is 0 Å². The first-order valence-electron chi connectivity index (χ1n) is 7.40. The zero-order valence-electron chi connectivity index (χ0n) is 11.6. The molecule has 1 heterocycles.